The minimum atomic E-state index is -1.06. The van der Waals surface area contributed by atoms with Gasteiger partial charge in [0.25, 0.3) is 5.91 Å². The number of carbonyl (C=O) groups excluding carboxylic acids is 2. The third kappa shape index (κ3) is 2.95. The summed E-state index contributed by atoms with van der Waals surface area (Å²) in [5.74, 6) is -1.82. The molecule has 0 bridgehead atoms. The average Bonchev–Trinajstić information content (AvgIpc) is 2.90. The van der Waals surface area contributed by atoms with E-state index >= 15 is 0 Å². The Morgan fingerprint density at radius 2 is 1.95 bits per heavy atom. The fraction of sp³-hybridized carbons (Fsp3) is 0.0833. The van der Waals surface area contributed by atoms with Crippen LogP contribution in [0.5, 0.6) is 0 Å². The monoisotopic (exact) mass is 263 g/mol. The molecule has 0 unspecified atom stereocenters. The van der Waals surface area contributed by atoms with Crippen LogP contribution < -0.4 is 11.1 Å². The van der Waals surface area contributed by atoms with E-state index in [0.717, 1.165) is 0 Å². The Morgan fingerprint density at radius 3 is 2.47 bits per heavy atom. The van der Waals surface area contributed by atoms with Crippen LogP contribution in [0.1, 0.15) is 22.1 Å². The average molecular weight is 263 g/mol. The third-order valence-electron chi connectivity index (χ3n) is 2.43. The fourth-order valence-electron chi connectivity index (χ4n) is 1.51. The maximum Gasteiger partial charge on any atom is 0.274 e. The van der Waals surface area contributed by atoms with Crippen LogP contribution in [0.15, 0.2) is 41.1 Å². The second-order valence-corrected chi connectivity index (χ2v) is 3.75. The summed E-state index contributed by atoms with van der Waals surface area (Å²) in [5.41, 5.74) is 5.62. The highest BCUT2D eigenvalue weighted by Gasteiger charge is 2.22. The molecule has 0 aliphatic rings. The first-order valence-corrected chi connectivity index (χ1v) is 5.34. The van der Waals surface area contributed by atoms with Crippen molar-refractivity contribution in [1.82, 2.24) is 10.5 Å². The van der Waals surface area contributed by atoms with Gasteiger partial charge in [-0.3, -0.25) is 9.59 Å². The molecule has 0 spiro atoms. The fourth-order valence-corrected chi connectivity index (χ4v) is 1.51. The van der Waals surface area contributed by atoms with E-state index in [1.54, 1.807) is 0 Å². The molecule has 19 heavy (non-hydrogen) atoms. The summed E-state index contributed by atoms with van der Waals surface area (Å²) in [6.07, 6.45) is 1.23. The predicted octanol–water partition coefficient (Wildman–Crippen LogP) is 0.770. The zero-order valence-corrected chi connectivity index (χ0v) is 9.67. The normalized spacial score (nSPS) is 11.8. The van der Waals surface area contributed by atoms with Gasteiger partial charge in [-0.25, -0.2) is 4.39 Å². The lowest BCUT2D eigenvalue weighted by atomic mass is 10.1. The molecule has 1 aromatic heterocycles. The van der Waals surface area contributed by atoms with Gasteiger partial charge >= 0.3 is 0 Å². The van der Waals surface area contributed by atoms with Gasteiger partial charge in [-0.15, -0.1) is 0 Å². The van der Waals surface area contributed by atoms with Crippen molar-refractivity contribution in [3.63, 3.8) is 0 Å². The second-order valence-electron chi connectivity index (χ2n) is 3.75. The van der Waals surface area contributed by atoms with E-state index in [2.05, 4.69) is 15.0 Å². The van der Waals surface area contributed by atoms with Gasteiger partial charge in [0.1, 0.15) is 18.1 Å². The number of rotatable bonds is 4. The Hall–Kier alpha value is -2.70. The molecule has 2 amide bonds. The van der Waals surface area contributed by atoms with Gasteiger partial charge in [-0.1, -0.05) is 17.3 Å². The quantitative estimate of drug-likeness (QED) is 0.851. The van der Waals surface area contributed by atoms with E-state index in [0.29, 0.717) is 5.56 Å². The largest absolute Gasteiger partial charge is 0.368 e. The Balaban J connectivity index is 2.19. The first kappa shape index (κ1) is 12.7. The van der Waals surface area contributed by atoms with Crippen molar-refractivity contribution >= 4 is 11.8 Å². The summed E-state index contributed by atoms with van der Waals surface area (Å²) in [6, 6.07) is 5.37. The molecule has 0 aliphatic carbocycles. The smallest absolute Gasteiger partial charge is 0.274 e. The number of carbonyl (C=O) groups is 2. The van der Waals surface area contributed by atoms with Gasteiger partial charge in [0.2, 0.25) is 5.91 Å². The van der Waals surface area contributed by atoms with E-state index in [-0.39, 0.29) is 5.69 Å². The lowest BCUT2D eigenvalue weighted by Gasteiger charge is -2.14. The number of nitrogens with zero attached hydrogens (tertiary/aromatic N) is 1. The van der Waals surface area contributed by atoms with Crippen LogP contribution in [0.4, 0.5) is 4.39 Å². The van der Waals surface area contributed by atoms with Crippen molar-refractivity contribution in [2.45, 2.75) is 6.04 Å². The number of nitrogens with one attached hydrogen (secondary N) is 1. The lowest BCUT2D eigenvalue weighted by Crippen LogP contribution is -2.37. The summed E-state index contributed by atoms with van der Waals surface area (Å²) < 4.78 is 17.3. The zero-order chi connectivity index (χ0) is 13.8. The number of amides is 2. The van der Waals surface area contributed by atoms with Crippen molar-refractivity contribution < 1.29 is 18.5 Å². The van der Waals surface area contributed by atoms with Crippen LogP contribution in [-0.4, -0.2) is 17.0 Å². The van der Waals surface area contributed by atoms with Crippen LogP contribution in [0.2, 0.25) is 0 Å². The first-order chi connectivity index (χ1) is 9.08. The van der Waals surface area contributed by atoms with E-state index in [4.69, 9.17) is 5.73 Å². The number of benzene rings is 1. The second kappa shape index (κ2) is 5.30. The summed E-state index contributed by atoms with van der Waals surface area (Å²) in [7, 11) is 0. The first-order valence-electron chi connectivity index (χ1n) is 5.34. The molecule has 0 saturated heterocycles. The molecule has 98 valence electrons. The molecule has 3 N–H and O–H groups in total. The number of hydrogen-bond donors (Lipinski definition) is 2. The van der Waals surface area contributed by atoms with E-state index in [1.165, 1.54) is 36.6 Å². The summed E-state index contributed by atoms with van der Waals surface area (Å²) >= 11 is 0. The third-order valence-corrected chi connectivity index (χ3v) is 2.43. The number of aromatic nitrogens is 1. The van der Waals surface area contributed by atoms with Crippen molar-refractivity contribution in [2.24, 2.45) is 5.73 Å². The molecular weight excluding hydrogens is 253 g/mol. The highest BCUT2D eigenvalue weighted by Crippen LogP contribution is 2.14. The molecule has 1 heterocycles. The molecule has 0 fully saturated rings. The Bertz CT molecular complexity index is 581. The minimum Gasteiger partial charge on any atom is -0.368 e. The molecule has 0 aliphatic heterocycles. The molecule has 1 atom stereocenters. The predicted molar refractivity (Wildman–Crippen MR) is 62.3 cm³/mol. The molecule has 7 heteroatoms. The number of nitrogens with two attached hydrogens (primary N) is 1. The topological polar surface area (TPSA) is 98.2 Å². The summed E-state index contributed by atoms with van der Waals surface area (Å²) in [4.78, 5) is 23.1. The number of hydrogen-bond acceptors (Lipinski definition) is 4. The molecule has 1 aromatic carbocycles. The molecule has 2 rings (SSSR count). The lowest BCUT2D eigenvalue weighted by molar-refractivity contribution is -0.120. The van der Waals surface area contributed by atoms with Crippen LogP contribution in [0.25, 0.3) is 0 Å². The van der Waals surface area contributed by atoms with E-state index in [9.17, 15) is 14.0 Å². The van der Waals surface area contributed by atoms with Crippen LogP contribution in [0.3, 0.4) is 0 Å². The molecule has 6 nitrogen and oxygen atoms in total. The summed E-state index contributed by atoms with van der Waals surface area (Å²) in [6.45, 7) is 0. The number of halogens is 1. The maximum absolute atomic E-state index is 12.8. The molecule has 0 saturated carbocycles. The molecule has 0 radical (unpaired) electrons. The van der Waals surface area contributed by atoms with E-state index in [1.807, 2.05) is 0 Å². The minimum absolute atomic E-state index is 0.0216. The van der Waals surface area contributed by atoms with Crippen molar-refractivity contribution in [1.29, 1.82) is 0 Å². The summed E-state index contributed by atoms with van der Waals surface area (Å²) in [5, 5.41) is 5.83. The van der Waals surface area contributed by atoms with Gasteiger partial charge in [0.05, 0.1) is 0 Å². The van der Waals surface area contributed by atoms with Gasteiger partial charge in [-0.2, -0.15) is 0 Å². The van der Waals surface area contributed by atoms with Crippen molar-refractivity contribution in [2.75, 3.05) is 0 Å². The van der Waals surface area contributed by atoms with Crippen molar-refractivity contribution in [3.05, 3.63) is 53.7 Å². The van der Waals surface area contributed by atoms with Gasteiger partial charge in [0, 0.05) is 6.07 Å². The Kier molecular flexibility index (Phi) is 3.56. The molecule has 2 aromatic rings. The molecular formula is C12H10FN3O3. The number of primary amides is 1. The maximum atomic E-state index is 12.8. The SMILES string of the molecule is NC(=O)[C@H](NC(=O)c1ccon1)c1ccc(F)cc1. The standard InChI is InChI=1S/C12H10FN3O3/c13-8-3-1-7(2-4-8)10(11(14)17)15-12(18)9-5-6-19-16-9/h1-6,10H,(H2,14,17)(H,15,18)/t10-/m1/s1. The highest BCUT2D eigenvalue weighted by molar-refractivity contribution is 5.95. The van der Waals surface area contributed by atoms with Gasteiger partial charge in [0.15, 0.2) is 5.69 Å². The van der Waals surface area contributed by atoms with Gasteiger partial charge in [-0.05, 0) is 17.7 Å². The highest BCUT2D eigenvalue weighted by atomic mass is 19.1. The van der Waals surface area contributed by atoms with E-state index < -0.39 is 23.7 Å². The van der Waals surface area contributed by atoms with Crippen LogP contribution in [-0.2, 0) is 4.79 Å². The Morgan fingerprint density at radius 1 is 1.26 bits per heavy atom. The van der Waals surface area contributed by atoms with Crippen molar-refractivity contribution in [3.8, 4) is 0 Å². The van der Waals surface area contributed by atoms with Gasteiger partial charge < -0.3 is 15.6 Å². The Labute approximate surface area is 107 Å². The van der Waals surface area contributed by atoms with Crippen LogP contribution >= 0.6 is 0 Å². The van der Waals surface area contributed by atoms with Crippen LogP contribution in [0, 0.1) is 5.82 Å². The zero-order valence-electron chi connectivity index (χ0n) is 9.67.